The van der Waals surface area contributed by atoms with Crippen molar-refractivity contribution in [2.75, 3.05) is 19.6 Å². The number of carbonyl (C=O) groups excluding carboxylic acids is 1. The number of likely N-dealkylation sites (tertiary alicyclic amines) is 1. The van der Waals surface area contributed by atoms with E-state index in [1.54, 1.807) is 6.20 Å². The van der Waals surface area contributed by atoms with Crippen LogP contribution >= 0.6 is 0 Å². The number of hydrogen-bond acceptors (Lipinski definition) is 4. The molecule has 0 radical (unpaired) electrons. The number of hydrogen-bond donors (Lipinski definition) is 2. The van der Waals surface area contributed by atoms with E-state index in [9.17, 15) is 4.79 Å². The summed E-state index contributed by atoms with van der Waals surface area (Å²) in [5, 5.41) is 15.2. The third-order valence-electron chi connectivity index (χ3n) is 5.34. The second kappa shape index (κ2) is 8.56. The van der Waals surface area contributed by atoms with E-state index in [1.165, 1.54) is 5.56 Å². The third kappa shape index (κ3) is 4.25. The van der Waals surface area contributed by atoms with Gasteiger partial charge in [0, 0.05) is 44.7 Å². The highest BCUT2D eigenvalue weighted by atomic mass is 16.4. The number of carboxylic acid groups (broad SMARTS) is 1. The van der Waals surface area contributed by atoms with E-state index < -0.39 is 5.97 Å². The van der Waals surface area contributed by atoms with Gasteiger partial charge >= 0.3 is 0 Å². The van der Waals surface area contributed by atoms with Crippen molar-refractivity contribution < 1.29 is 14.7 Å². The molecule has 7 nitrogen and oxygen atoms in total. The Kier molecular flexibility index (Phi) is 6.14. The maximum atomic E-state index is 13.1. The highest BCUT2D eigenvalue weighted by Crippen LogP contribution is 2.43. The summed E-state index contributed by atoms with van der Waals surface area (Å²) in [4.78, 5) is 24.2. The summed E-state index contributed by atoms with van der Waals surface area (Å²) in [6.45, 7) is 8.03. The quantitative estimate of drug-likeness (QED) is 0.849. The van der Waals surface area contributed by atoms with Crippen LogP contribution in [0.15, 0.2) is 42.7 Å². The molecule has 28 heavy (non-hydrogen) atoms. The van der Waals surface area contributed by atoms with E-state index in [4.69, 9.17) is 9.90 Å². The normalized spacial score (nSPS) is 23.3. The lowest BCUT2D eigenvalue weighted by molar-refractivity contribution is -0.134. The molecule has 2 aliphatic heterocycles. The van der Waals surface area contributed by atoms with E-state index in [0.717, 1.165) is 26.6 Å². The minimum absolute atomic E-state index is 0.102. The second-order valence-corrected chi connectivity index (χ2v) is 7.72. The number of aliphatic carboxylic acids is 1. The fraction of sp³-hybridized carbons (Fsp3) is 0.476. The lowest BCUT2D eigenvalue weighted by atomic mass is 9.89. The van der Waals surface area contributed by atoms with Gasteiger partial charge in [0.1, 0.15) is 0 Å². The van der Waals surface area contributed by atoms with E-state index in [2.05, 4.69) is 53.4 Å². The van der Waals surface area contributed by atoms with Crippen molar-refractivity contribution in [1.29, 1.82) is 0 Å². The molecule has 0 aliphatic carbocycles. The molecule has 4 rings (SSSR count). The highest BCUT2D eigenvalue weighted by Gasteiger charge is 2.46. The second-order valence-electron chi connectivity index (χ2n) is 7.72. The first-order valence-corrected chi connectivity index (χ1v) is 9.68. The number of nitrogens with one attached hydrogen (secondary N) is 1. The van der Waals surface area contributed by atoms with Gasteiger partial charge in [-0.15, -0.1) is 0 Å². The number of benzene rings is 1. The molecule has 7 heteroatoms. The monoisotopic (exact) mass is 384 g/mol. The van der Waals surface area contributed by atoms with Gasteiger partial charge in [-0.3, -0.25) is 14.3 Å². The van der Waals surface area contributed by atoms with E-state index >= 15 is 0 Å². The summed E-state index contributed by atoms with van der Waals surface area (Å²) in [5.74, 6) is 0.306. The molecule has 3 heterocycles. The molecule has 2 aliphatic rings. The Bertz CT molecular complexity index is 814. The Labute approximate surface area is 165 Å². The van der Waals surface area contributed by atoms with E-state index in [-0.39, 0.29) is 18.0 Å². The number of aromatic nitrogens is 2. The van der Waals surface area contributed by atoms with Gasteiger partial charge in [0.05, 0.1) is 17.8 Å². The topological polar surface area (TPSA) is 87.5 Å². The minimum atomic E-state index is -0.833. The summed E-state index contributed by atoms with van der Waals surface area (Å²) in [6, 6.07) is 10.8. The van der Waals surface area contributed by atoms with Gasteiger partial charge in [-0.05, 0) is 25.3 Å². The molecule has 0 saturated carbocycles. The standard InChI is InChI=1S/C19H24N4O.C2H4O2/c1-13(2)23-12-16(9-21-23)19(24)22-11-15-8-20-10-17(15)18(22)14-6-4-3-5-7-14;1-2(3)4/h3-7,9,12-13,15,17-18,20H,8,10-11H2,1-2H3;1H3,(H,3,4)/t15-,17-,18+;/m0./s1. The third-order valence-corrected chi connectivity index (χ3v) is 5.34. The van der Waals surface area contributed by atoms with Gasteiger partial charge in [0.25, 0.3) is 11.9 Å². The molecular formula is C21H28N4O3. The van der Waals surface area contributed by atoms with E-state index in [0.29, 0.717) is 17.4 Å². The van der Waals surface area contributed by atoms with Crippen molar-refractivity contribution in [2.45, 2.75) is 32.9 Å². The first kappa shape index (κ1) is 20.1. The van der Waals surface area contributed by atoms with Crippen molar-refractivity contribution >= 4 is 11.9 Å². The molecule has 1 aromatic carbocycles. The Morgan fingerprint density at radius 2 is 1.89 bits per heavy atom. The van der Waals surface area contributed by atoms with Crippen molar-refractivity contribution in [3.05, 3.63) is 53.9 Å². The maximum Gasteiger partial charge on any atom is 0.300 e. The van der Waals surface area contributed by atoms with Crippen LogP contribution in [0.25, 0.3) is 0 Å². The predicted octanol–water partition coefficient (Wildman–Crippen LogP) is 2.59. The van der Waals surface area contributed by atoms with Gasteiger partial charge in [-0.2, -0.15) is 5.10 Å². The first-order chi connectivity index (χ1) is 13.4. The molecule has 0 spiro atoms. The predicted molar refractivity (Wildman–Crippen MR) is 106 cm³/mol. The van der Waals surface area contributed by atoms with Crippen LogP contribution < -0.4 is 5.32 Å². The zero-order chi connectivity index (χ0) is 20.3. The number of rotatable bonds is 3. The SMILES string of the molecule is CC(=O)O.CC(C)n1cc(C(=O)N2C[C@@H]3CNC[C@@H]3[C@H]2c2ccccc2)cn1. The minimum Gasteiger partial charge on any atom is -0.481 e. The Hall–Kier alpha value is -2.67. The van der Waals surface area contributed by atoms with Crippen LogP contribution in [0, 0.1) is 11.8 Å². The smallest absolute Gasteiger partial charge is 0.300 e. The molecule has 2 saturated heterocycles. The zero-order valence-electron chi connectivity index (χ0n) is 16.6. The summed E-state index contributed by atoms with van der Waals surface area (Å²) in [6.07, 6.45) is 3.58. The van der Waals surface area contributed by atoms with Gasteiger partial charge < -0.3 is 15.3 Å². The maximum absolute atomic E-state index is 13.1. The van der Waals surface area contributed by atoms with Crippen LogP contribution in [-0.4, -0.2) is 51.3 Å². The van der Waals surface area contributed by atoms with Gasteiger partial charge in [-0.25, -0.2) is 0 Å². The molecule has 1 amide bonds. The molecule has 2 N–H and O–H groups in total. The van der Waals surface area contributed by atoms with Crippen LogP contribution in [0.1, 0.15) is 48.8 Å². The molecular weight excluding hydrogens is 356 g/mol. The lowest BCUT2D eigenvalue weighted by Crippen LogP contribution is -2.34. The Morgan fingerprint density at radius 1 is 1.21 bits per heavy atom. The number of carbonyl (C=O) groups is 2. The molecule has 0 bridgehead atoms. The molecule has 0 unspecified atom stereocenters. The number of amides is 1. The van der Waals surface area contributed by atoms with Crippen LogP contribution in [0.4, 0.5) is 0 Å². The highest BCUT2D eigenvalue weighted by molar-refractivity contribution is 5.94. The number of carboxylic acids is 1. The summed E-state index contributed by atoms with van der Waals surface area (Å²) < 4.78 is 1.85. The number of fused-ring (bicyclic) bond motifs is 1. The molecule has 2 fully saturated rings. The van der Waals surface area contributed by atoms with Crippen molar-refractivity contribution in [3.63, 3.8) is 0 Å². The molecule has 1 aromatic heterocycles. The average molecular weight is 384 g/mol. The van der Waals surface area contributed by atoms with Gasteiger partial charge in [0.15, 0.2) is 0 Å². The van der Waals surface area contributed by atoms with Crippen molar-refractivity contribution in [2.24, 2.45) is 11.8 Å². The lowest BCUT2D eigenvalue weighted by Gasteiger charge is -2.28. The van der Waals surface area contributed by atoms with Crippen molar-refractivity contribution in [1.82, 2.24) is 20.0 Å². The first-order valence-electron chi connectivity index (χ1n) is 9.68. The Morgan fingerprint density at radius 3 is 2.50 bits per heavy atom. The summed E-state index contributed by atoms with van der Waals surface area (Å²) in [7, 11) is 0. The molecule has 150 valence electrons. The summed E-state index contributed by atoms with van der Waals surface area (Å²) >= 11 is 0. The zero-order valence-corrected chi connectivity index (χ0v) is 16.6. The van der Waals surface area contributed by atoms with Gasteiger partial charge in [0.2, 0.25) is 0 Å². The van der Waals surface area contributed by atoms with Crippen LogP contribution in [0.3, 0.4) is 0 Å². The molecule has 3 atom stereocenters. The van der Waals surface area contributed by atoms with Crippen LogP contribution in [0.2, 0.25) is 0 Å². The average Bonchev–Trinajstić information content (AvgIpc) is 3.36. The largest absolute Gasteiger partial charge is 0.481 e. The Balaban J connectivity index is 0.000000516. The fourth-order valence-corrected chi connectivity index (χ4v) is 4.10. The van der Waals surface area contributed by atoms with Crippen LogP contribution in [0.5, 0.6) is 0 Å². The van der Waals surface area contributed by atoms with E-state index in [1.807, 2.05) is 16.9 Å². The van der Waals surface area contributed by atoms with Crippen LogP contribution in [-0.2, 0) is 4.79 Å². The van der Waals surface area contributed by atoms with Gasteiger partial charge in [-0.1, -0.05) is 30.3 Å². The summed E-state index contributed by atoms with van der Waals surface area (Å²) in [5.41, 5.74) is 1.93. The molecule has 2 aromatic rings. The number of nitrogens with zero attached hydrogens (tertiary/aromatic N) is 3. The van der Waals surface area contributed by atoms with Crippen molar-refractivity contribution in [3.8, 4) is 0 Å². The fourth-order valence-electron chi connectivity index (χ4n) is 4.10.